The Kier molecular flexibility index (Phi) is 5.87. The van der Waals surface area contributed by atoms with Crippen LogP contribution < -0.4 is 5.32 Å². The molecular formula is C15H28ClN3. The van der Waals surface area contributed by atoms with Crippen LogP contribution in [0.15, 0.2) is 0 Å². The van der Waals surface area contributed by atoms with E-state index in [2.05, 4.69) is 38.1 Å². The third-order valence-corrected chi connectivity index (χ3v) is 4.24. The van der Waals surface area contributed by atoms with Crippen molar-refractivity contribution in [3.63, 3.8) is 0 Å². The average Bonchev–Trinajstić information content (AvgIpc) is 2.60. The third kappa shape index (κ3) is 4.22. The zero-order valence-electron chi connectivity index (χ0n) is 13.2. The summed E-state index contributed by atoms with van der Waals surface area (Å²) in [6.07, 6.45) is 3.29. The van der Waals surface area contributed by atoms with E-state index in [1.807, 2.05) is 18.7 Å². The molecule has 1 unspecified atom stereocenters. The van der Waals surface area contributed by atoms with Crippen molar-refractivity contribution in [3.8, 4) is 0 Å². The molecule has 0 amide bonds. The second kappa shape index (κ2) is 6.76. The fourth-order valence-corrected chi connectivity index (χ4v) is 2.82. The SMILES string of the molecule is CCn1nc(C)c(Cl)c1CCCC(NC)C(C)(C)C. The number of halogens is 1. The van der Waals surface area contributed by atoms with Crippen LogP contribution in [0.1, 0.15) is 51.9 Å². The highest BCUT2D eigenvalue weighted by Crippen LogP contribution is 2.25. The Bertz CT molecular complexity index is 404. The van der Waals surface area contributed by atoms with E-state index in [1.54, 1.807) is 0 Å². The largest absolute Gasteiger partial charge is 0.316 e. The predicted molar refractivity (Wildman–Crippen MR) is 82.9 cm³/mol. The van der Waals surface area contributed by atoms with Crippen molar-refractivity contribution in [1.82, 2.24) is 15.1 Å². The number of nitrogens with zero attached hydrogens (tertiary/aromatic N) is 2. The smallest absolute Gasteiger partial charge is 0.0847 e. The van der Waals surface area contributed by atoms with Gasteiger partial charge in [-0.3, -0.25) is 4.68 Å². The number of hydrogen-bond donors (Lipinski definition) is 1. The summed E-state index contributed by atoms with van der Waals surface area (Å²) in [5.41, 5.74) is 2.42. The fraction of sp³-hybridized carbons (Fsp3) is 0.800. The molecule has 0 aliphatic heterocycles. The molecule has 0 aromatic carbocycles. The highest BCUT2D eigenvalue weighted by Gasteiger charge is 2.22. The molecule has 1 rings (SSSR count). The molecule has 1 N–H and O–H groups in total. The predicted octanol–water partition coefficient (Wildman–Crippen LogP) is 3.82. The van der Waals surface area contributed by atoms with Gasteiger partial charge < -0.3 is 5.32 Å². The second-order valence-corrected chi connectivity index (χ2v) is 6.64. The Labute approximate surface area is 122 Å². The minimum atomic E-state index is 0.291. The Morgan fingerprint density at radius 3 is 2.47 bits per heavy atom. The van der Waals surface area contributed by atoms with Gasteiger partial charge in [0, 0.05) is 12.6 Å². The van der Waals surface area contributed by atoms with Gasteiger partial charge in [0.2, 0.25) is 0 Å². The lowest BCUT2D eigenvalue weighted by Crippen LogP contribution is -2.37. The molecular weight excluding hydrogens is 258 g/mol. The summed E-state index contributed by atoms with van der Waals surface area (Å²) in [5.74, 6) is 0. The van der Waals surface area contributed by atoms with E-state index in [1.165, 1.54) is 5.69 Å². The lowest BCUT2D eigenvalue weighted by Gasteiger charge is -2.30. The highest BCUT2D eigenvalue weighted by molar-refractivity contribution is 6.31. The molecule has 0 spiro atoms. The molecule has 0 aliphatic rings. The van der Waals surface area contributed by atoms with Crippen LogP contribution in [0.3, 0.4) is 0 Å². The summed E-state index contributed by atoms with van der Waals surface area (Å²) in [6.45, 7) is 11.8. The van der Waals surface area contributed by atoms with Gasteiger partial charge in [-0.25, -0.2) is 0 Å². The van der Waals surface area contributed by atoms with Gasteiger partial charge in [0.05, 0.1) is 16.4 Å². The van der Waals surface area contributed by atoms with Gasteiger partial charge >= 0.3 is 0 Å². The molecule has 19 heavy (non-hydrogen) atoms. The van der Waals surface area contributed by atoms with Crippen LogP contribution in [0.25, 0.3) is 0 Å². The summed E-state index contributed by atoms with van der Waals surface area (Å²) in [5, 5.41) is 8.73. The number of nitrogens with one attached hydrogen (secondary N) is 1. The van der Waals surface area contributed by atoms with Crippen molar-refractivity contribution >= 4 is 11.6 Å². The molecule has 110 valence electrons. The molecule has 4 heteroatoms. The van der Waals surface area contributed by atoms with Crippen LogP contribution in [0.5, 0.6) is 0 Å². The lowest BCUT2D eigenvalue weighted by molar-refractivity contribution is 0.263. The number of hydrogen-bond acceptors (Lipinski definition) is 2. The van der Waals surface area contributed by atoms with Crippen molar-refractivity contribution < 1.29 is 0 Å². The van der Waals surface area contributed by atoms with Crippen LogP contribution in [0.4, 0.5) is 0 Å². The van der Waals surface area contributed by atoms with Crippen LogP contribution in [0.2, 0.25) is 5.02 Å². The van der Waals surface area contributed by atoms with E-state index in [0.29, 0.717) is 11.5 Å². The quantitative estimate of drug-likeness (QED) is 0.861. The first-order chi connectivity index (χ1) is 8.81. The number of aromatic nitrogens is 2. The monoisotopic (exact) mass is 285 g/mol. The van der Waals surface area contributed by atoms with E-state index in [9.17, 15) is 0 Å². The molecule has 1 heterocycles. The normalized spacial score (nSPS) is 13.8. The second-order valence-electron chi connectivity index (χ2n) is 6.26. The molecule has 3 nitrogen and oxygen atoms in total. The third-order valence-electron chi connectivity index (χ3n) is 3.75. The summed E-state index contributed by atoms with van der Waals surface area (Å²) < 4.78 is 2.03. The molecule has 0 saturated carbocycles. The van der Waals surface area contributed by atoms with Gasteiger partial charge in [-0.1, -0.05) is 32.4 Å². The summed E-state index contributed by atoms with van der Waals surface area (Å²) in [6, 6.07) is 0.533. The minimum absolute atomic E-state index is 0.291. The Hall–Kier alpha value is -0.540. The molecule has 0 fully saturated rings. The first-order valence-electron chi connectivity index (χ1n) is 7.20. The lowest BCUT2D eigenvalue weighted by atomic mass is 9.84. The maximum absolute atomic E-state index is 6.33. The van der Waals surface area contributed by atoms with Crippen LogP contribution in [0, 0.1) is 12.3 Å². The molecule has 0 aliphatic carbocycles. The maximum Gasteiger partial charge on any atom is 0.0847 e. The van der Waals surface area contributed by atoms with Gasteiger partial charge in [-0.15, -0.1) is 0 Å². The summed E-state index contributed by atoms with van der Waals surface area (Å²) in [4.78, 5) is 0. The molecule has 0 radical (unpaired) electrons. The van der Waals surface area contributed by atoms with Crippen LogP contribution >= 0.6 is 11.6 Å². The first kappa shape index (κ1) is 16.5. The fourth-order valence-electron chi connectivity index (χ4n) is 2.59. The van der Waals surface area contributed by atoms with E-state index >= 15 is 0 Å². The van der Waals surface area contributed by atoms with Gasteiger partial charge in [-0.2, -0.15) is 5.10 Å². The Morgan fingerprint density at radius 2 is 2.00 bits per heavy atom. The average molecular weight is 286 g/mol. The van der Waals surface area contributed by atoms with Crippen LogP contribution in [-0.2, 0) is 13.0 Å². The highest BCUT2D eigenvalue weighted by atomic mass is 35.5. The number of rotatable bonds is 6. The van der Waals surface area contributed by atoms with Crippen molar-refractivity contribution in [1.29, 1.82) is 0 Å². The van der Waals surface area contributed by atoms with E-state index in [-0.39, 0.29) is 0 Å². The number of aryl methyl sites for hydroxylation is 2. The van der Waals surface area contributed by atoms with Crippen molar-refractivity contribution in [2.24, 2.45) is 5.41 Å². The Balaban J connectivity index is 2.63. The first-order valence-corrected chi connectivity index (χ1v) is 7.58. The summed E-state index contributed by atoms with van der Waals surface area (Å²) >= 11 is 6.33. The molecule has 0 bridgehead atoms. The zero-order chi connectivity index (χ0) is 14.6. The molecule has 1 aromatic rings. The minimum Gasteiger partial charge on any atom is -0.316 e. The van der Waals surface area contributed by atoms with E-state index in [4.69, 9.17) is 11.6 Å². The molecule has 0 saturated heterocycles. The molecule has 1 atom stereocenters. The van der Waals surface area contributed by atoms with Crippen LogP contribution in [-0.4, -0.2) is 22.9 Å². The standard InChI is InChI=1S/C15H28ClN3/c1-7-19-12(14(16)11(2)18-19)9-8-10-13(17-6)15(3,4)5/h13,17H,7-10H2,1-6H3. The van der Waals surface area contributed by atoms with Gasteiger partial charge in [0.1, 0.15) is 0 Å². The van der Waals surface area contributed by atoms with E-state index < -0.39 is 0 Å². The summed E-state index contributed by atoms with van der Waals surface area (Å²) in [7, 11) is 2.04. The van der Waals surface area contributed by atoms with Crippen molar-refractivity contribution in [3.05, 3.63) is 16.4 Å². The Morgan fingerprint density at radius 1 is 1.37 bits per heavy atom. The van der Waals surface area contributed by atoms with Crippen molar-refractivity contribution in [2.75, 3.05) is 7.05 Å². The van der Waals surface area contributed by atoms with E-state index in [0.717, 1.165) is 36.5 Å². The van der Waals surface area contributed by atoms with Gasteiger partial charge in [0.25, 0.3) is 0 Å². The zero-order valence-corrected chi connectivity index (χ0v) is 13.9. The van der Waals surface area contributed by atoms with Gasteiger partial charge in [0.15, 0.2) is 0 Å². The topological polar surface area (TPSA) is 29.9 Å². The molecule has 1 aromatic heterocycles. The van der Waals surface area contributed by atoms with Gasteiger partial charge in [-0.05, 0) is 45.6 Å². The maximum atomic E-state index is 6.33. The van der Waals surface area contributed by atoms with Crippen molar-refractivity contribution in [2.45, 2.75) is 66.5 Å².